The third-order valence-electron chi connectivity index (χ3n) is 1.85. The second-order valence-corrected chi connectivity index (χ2v) is 2.95. The zero-order valence-electron chi connectivity index (χ0n) is 10.1. The monoisotopic (exact) mass is 230 g/mol. The lowest BCUT2D eigenvalue weighted by molar-refractivity contribution is -0.141. The van der Waals surface area contributed by atoms with Gasteiger partial charge in [-0.1, -0.05) is 0 Å². The van der Waals surface area contributed by atoms with E-state index in [1.54, 1.807) is 20.8 Å². The number of ether oxygens (including phenoxy) is 3. The van der Waals surface area contributed by atoms with Crippen LogP contribution in [0.5, 0.6) is 0 Å². The molecule has 0 bridgehead atoms. The van der Waals surface area contributed by atoms with Crippen molar-refractivity contribution in [1.82, 2.24) is 0 Å². The molecule has 0 amide bonds. The number of Topliss-reactive ketones (excluding diaryl/α,β-unsaturated/α-hetero) is 1. The van der Waals surface area contributed by atoms with Gasteiger partial charge in [0.05, 0.1) is 13.2 Å². The predicted octanol–water partition coefficient (Wildman–Crippen LogP) is 1.07. The average molecular weight is 230 g/mol. The summed E-state index contributed by atoms with van der Waals surface area (Å²) in [4.78, 5) is 23.2. The molecule has 0 heterocycles. The van der Waals surface area contributed by atoms with Crippen molar-refractivity contribution in [3.63, 3.8) is 0 Å². The van der Waals surface area contributed by atoms with Crippen LogP contribution in [0.4, 0.5) is 0 Å². The highest BCUT2D eigenvalue weighted by molar-refractivity contribution is 6.18. The SMILES string of the molecule is CCO/C=C(/C(=O)OCC)C(=O)C(C)OC. The molecule has 5 nitrogen and oxygen atoms in total. The van der Waals surface area contributed by atoms with Crippen LogP contribution in [-0.4, -0.2) is 38.2 Å². The van der Waals surface area contributed by atoms with E-state index in [1.165, 1.54) is 7.11 Å². The number of ketones is 1. The molecule has 5 heteroatoms. The fourth-order valence-corrected chi connectivity index (χ4v) is 0.908. The van der Waals surface area contributed by atoms with Crippen LogP contribution in [0, 0.1) is 0 Å². The maximum absolute atomic E-state index is 11.7. The Morgan fingerprint density at radius 3 is 2.31 bits per heavy atom. The molecule has 0 radical (unpaired) electrons. The second-order valence-electron chi connectivity index (χ2n) is 2.95. The van der Waals surface area contributed by atoms with Gasteiger partial charge in [-0.15, -0.1) is 0 Å². The molecule has 1 unspecified atom stereocenters. The zero-order valence-corrected chi connectivity index (χ0v) is 10.1. The highest BCUT2D eigenvalue weighted by Crippen LogP contribution is 2.06. The van der Waals surface area contributed by atoms with E-state index in [0.29, 0.717) is 6.61 Å². The molecule has 0 spiro atoms. The first kappa shape index (κ1) is 14.6. The number of esters is 1. The molecule has 0 aromatic carbocycles. The van der Waals surface area contributed by atoms with Gasteiger partial charge in [0.2, 0.25) is 5.78 Å². The van der Waals surface area contributed by atoms with Crippen LogP contribution in [0.2, 0.25) is 0 Å². The molecular weight excluding hydrogens is 212 g/mol. The Morgan fingerprint density at radius 1 is 1.25 bits per heavy atom. The molecule has 0 aromatic rings. The summed E-state index contributed by atoms with van der Waals surface area (Å²) in [5.41, 5.74) is -0.127. The van der Waals surface area contributed by atoms with Gasteiger partial charge in [-0.2, -0.15) is 0 Å². The summed E-state index contributed by atoms with van der Waals surface area (Å²) in [6.45, 7) is 5.56. The lowest BCUT2D eigenvalue weighted by Crippen LogP contribution is -2.26. The molecule has 0 aliphatic rings. The summed E-state index contributed by atoms with van der Waals surface area (Å²) in [6, 6.07) is 0. The standard InChI is InChI=1S/C11H18O5/c1-5-15-7-9(11(13)16-6-2)10(12)8(3)14-4/h7-8H,5-6H2,1-4H3/b9-7+. The van der Waals surface area contributed by atoms with Crippen molar-refractivity contribution in [3.8, 4) is 0 Å². The molecule has 92 valence electrons. The van der Waals surface area contributed by atoms with E-state index in [0.717, 1.165) is 6.26 Å². The van der Waals surface area contributed by atoms with Gasteiger partial charge in [-0.25, -0.2) is 4.79 Å². The molecule has 0 saturated heterocycles. The summed E-state index contributed by atoms with van der Waals surface area (Å²) in [5, 5.41) is 0. The molecule has 0 N–H and O–H groups in total. The van der Waals surface area contributed by atoms with Crippen molar-refractivity contribution in [2.24, 2.45) is 0 Å². The lowest BCUT2D eigenvalue weighted by Gasteiger charge is -2.10. The van der Waals surface area contributed by atoms with Gasteiger partial charge in [0.25, 0.3) is 0 Å². The largest absolute Gasteiger partial charge is 0.500 e. The van der Waals surface area contributed by atoms with Crippen LogP contribution in [0.1, 0.15) is 20.8 Å². The van der Waals surface area contributed by atoms with Gasteiger partial charge < -0.3 is 14.2 Å². The average Bonchev–Trinajstić information content (AvgIpc) is 2.28. The Labute approximate surface area is 95.4 Å². The Hall–Kier alpha value is -1.36. The third-order valence-corrected chi connectivity index (χ3v) is 1.85. The summed E-state index contributed by atoms with van der Waals surface area (Å²) in [7, 11) is 1.39. The fourth-order valence-electron chi connectivity index (χ4n) is 0.908. The third kappa shape index (κ3) is 4.44. The van der Waals surface area contributed by atoms with Gasteiger partial charge in [-0.3, -0.25) is 4.79 Å². The minimum Gasteiger partial charge on any atom is -0.500 e. The number of carbonyl (C=O) groups excluding carboxylic acids is 2. The first-order chi connectivity index (χ1) is 7.58. The van der Waals surface area contributed by atoms with Crippen LogP contribution < -0.4 is 0 Å². The molecule has 0 aliphatic heterocycles. The maximum atomic E-state index is 11.7. The molecule has 0 aliphatic carbocycles. The Morgan fingerprint density at radius 2 is 1.88 bits per heavy atom. The molecule has 0 aromatic heterocycles. The van der Waals surface area contributed by atoms with Crippen molar-refractivity contribution >= 4 is 11.8 Å². The maximum Gasteiger partial charge on any atom is 0.345 e. The molecule has 16 heavy (non-hydrogen) atoms. The van der Waals surface area contributed by atoms with Crippen molar-refractivity contribution in [2.45, 2.75) is 26.9 Å². The number of methoxy groups -OCH3 is 1. The van der Waals surface area contributed by atoms with Crippen molar-refractivity contribution in [2.75, 3.05) is 20.3 Å². The van der Waals surface area contributed by atoms with Crippen molar-refractivity contribution in [1.29, 1.82) is 0 Å². The van der Waals surface area contributed by atoms with Crippen LogP contribution in [0.3, 0.4) is 0 Å². The molecular formula is C11H18O5. The van der Waals surface area contributed by atoms with E-state index in [1.807, 2.05) is 0 Å². The fraction of sp³-hybridized carbons (Fsp3) is 0.636. The van der Waals surface area contributed by atoms with E-state index < -0.39 is 17.9 Å². The van der Waals surface area contributed by atoms with Gasteiger partial charge in [-0.05, 0) is 20.8 Å². The quantitative estimate of drug-likeness (QED) is 0.215. The minimum atomic E-state index is -0.698. The van der Waals surface area contributed by atoms with Crippen molar-refractivity contribution in [3.05, 3.63) is 11.8 Å². The number of rotatable bonds is 7. The summed E-state index contributed by atoms with van der Waals surface area (Å²) in [5.74, 6) is -1.14. The van der Waals surface area contributed by atoms with E-state index in [4.69, 9.17) is 14.2 Å². The van der Waals surface area contributed by atoms with Crippen LogP contribution in [-0.2, 0) is 23.8 Å². The van der Waals surface area contributed by atoms with E-state index >= 15 is 0 Å². The Balaban J connectivity index is 4.80. The van der Waals surface area contributed by atoms with Crippen LogP contribution in [0.15, 0.2) is 11.8 Å². The highest BCUT2D eigenvalue weighted by atomic mass is 16.5. The van der Waals surface area contributed by atoms with Gasteiger partial charge in [0.1, 0.15) is 17.9 Å². The normalized spacial score (nSPS) is 13.1. The van der Waals surface area contributed by atoms with Crippen molar-refractivity contribution < 1.29 is 23.8 Å². The molecule has 0 saturated carbocycles. The van der Waals surface area contributed by atoms with Gasteiger partial charge in [0, 0.05) is 7.11 Å². The highest BCUT2D eigenvalue weighted by Gasteiger charge is 2.25. The Bertz CT molecular complexity index is 270. The summed E-state index contributed by atoms with van der Waals surface area (Å²) < 4.78 is 14.5. The van der Waals surface area contributed by atoms with Crippen LogP contribution >= 0.6 is 0 Å². The summed E-state index contributed by atoms with van der Waals surface area (Å²) in [6.07, 6.45) is 0.423. The Kier molecular flexibility index (Phi) is 7.20. The molecule has 0 rings (SSSR count). The number of hydrogen-bond donors (Lipinski definition) is 0. The number of hydrogen-bond acceptors (Lipinski definition) is 5. The van der Waals surface area contributed by atoms with E-state index in [2.05, 4.69) is 0 Å². The molecule has 1 atom stereocenters. The lowest BCUT2D eigenvalue weighted by atomic mass is 10.1. The predicted molar refractivity (Wildman–Crippen MR) is 57.8 cm³/mol. The first-order valence-corrected chi connectivity index (χ1v) is 5.14. The first-order valence-electron chi connectivity index (χ1n) is 5.14. The van der Waals surface area contributed by atoms with E-state index in [-0.39, 0.29) is 12.2 Å². The topological polar surface area (TPSA) is 61.8 Å². The minimum absolute atomic E-state index is 0.127. The molecule has 0 fully saturated rings. The smallest absolute Gasteiger partial charge is 0.345 e. The zero-order chi connectivity index (χ0) is 12.6. The van der Waals surface area contributed by atoms with E-state index in [9.17, 15) is 9.59 Å². The van der Waals surface area contributed by atoms with Crippen LogP contribution in [0.25, 0.3) is 0 Å². The summed E-state index contributed by atoms with van der Waals surface area (Å²) >= 11 is 0. The second kappa shape index (κ2) is 7.87. The number of carbonyl (C=O) groups is 2. The van der Waals surface area contributed by atoms with Gasteiger partial charge in [0.15, 0.2) is 0 Å². The van der Waals surface area contributed by atoms with Gasteiger partial charge >= 0.3 is 5.97 Å².